The van der Waals surface area contributed by atoms with Crippen LogP contribution in [0.25, 0.3) is 0 Å². The zero-order valence-corrected chi connectivity index (χ0v) is 12.8. The summed E-state index contributed by atoms with van der Waals surface area (Å²) in [5, 5.41) is 0. The van der Waals surface area contributed by atoms with Gasteiger partial charge in [0.2, 0.25) is 0 Å². The number of nitrogens with zero attached hydrogens (tertiary/aromatic N) is 2. The topological polar surface area (TPSA) is 53.1 Å². The Morgan fingerprint density at radius 1 is 1.35 bits per heavy atom. The Kier molecular flexibility index (Phi) is 6.54. The summed E-state index contributed by atoms with van der Waals surface area (Å²) < 4.78 is 7.68. The molecule has 1 fully saturated rings. The van der Waals surface area contributed by atoms with Gasteiger partial charge in [-0.1, -0.05) is 39.0 Å². The maximum absolute atomic E-state index is 6.37. The average Bonchev–Trinajstić information content (AvgIpc) is 3.12. The minimum atomic E-state index is 0.0695. The van der Waals surface area contributed by atoms with Crippen LogP contribution in [0.3, 0.4) is 0 Å². The van der Waals surface area contributed by atoms with Crippen molar-refractivity contribution in [3.05, 3.63) is 18.2 Å². The van der Waals surface area contributed by atoms with E-state index in [2.05, 4.69) is 16.5 Å². The molecule has 2 atom stereocenters. The highest BCUT2D eigenvalue weighted by Gasteiger charge is 2.26. The Balaban J connectivity index is 1.76. The van der Waals surface area contributed by atoms with Crippen molar-refractivity contribution < 1.29 is 4.74 Å². The van der Waals surface area contributed by atoms with E-state index in [1.54, 1.807) is 0 Å². The van der Waals surface area contributed by atoms with Crippen LogP contribution in [0.5, 0.6) is 0 Å². The maximum atomic E-state index is 6.37. The molecule has 1 aliphatic rings. The second kappa shape index (κ2) is 8.42. The molecule has 4 nitrogen and oxygen atoms in total. The molecule has 2 unspecified atom stereocenters. The first-order valence-electron chi connectivity index (χ1n) is 8.16. The fraction of sp³-hybridized carbons (Fsp3) is 0.812. The van der Waals surface area contributed by atoms with Gasteiger partial charge in [-0.2, -0.15) is 0 Å². The molecule has 4 heteroatoms. The number of aromatic nitrogens is 2. The second-order valence-electron chi connectivity index (χ2n) is 5.93. The number of ether oxygens (including phenoxy) is 1. The summed E-state index contributed by atoms with van der Waals surface area (Å²) in [4.78, 5) is 4.29. The number of imidazole rings is 1. The first-order valence-corrected chi connectivity index (χ1v) is 8.16. The van der Waals surface area contributed by atoms with Crippen molar-refractivity contribution in [1.29, 1.82) is 0 Å². The molecule has 2 rings (SSSR count). The molecule has 0 amide bonds. The van der Waals surface area contributed by atoms with Crippen LogP contribution < -0.4 is 5.73 Å². The summed E-state index contributed by atoms with van der Waals surface area (Å²) in [5.74, 6) is 0.454. The number of nitrogens with two attached hydrogens (primary N) is 1. The highest BCUT2D eigenvalue weighted by atomic mass is 16.5. The summed E-state index contributed by atoms with van der Waals surface area (Å²) in [6, 6.07) is 0.0695. The van der Waals surface area contributed by atoms with E-state index in [-0.39, 0.29) is 6.04 Å². The monoisotopic (exact) mass is 279 g/mol. The predicted molar refractivity (Wildman–Crippen MR) is 81.5 cm³/mol. The molecule has 0 saturated carbocycles. The molecule has 0 aliphatic carbocycles. The molecular weight excluding hydrogens is 250 g/mol. The van der Waals surface area contributed by atoms with Gasteiger partial charge in [0.15, 0.2) is 0 Å². The Labute approximate surface area is 122 Å². The molecular formula is C16H29N3O. The predicted octanol–water partition coefficient (Wildman–Crippen LogP) is 3.28. The van der Waals surface area contributed by atoms with E-state index in [1.165, 1.54) is 44.2 Å². The summed E-state index contributed by atoms with van der Waals surface area (Å²) in [6.07, 6.45) is 12.8. The van der Waals surface area contributed by atoms with Gasteiger partial charge in [-0.15, -0.1) is 0 Å². The highest BCUT2D eigenvalue weighted by Crippen LogP contribution is 2.26. The third-order valence-electron chi connectivity index (χ3n) is 4.31. The van der Waals surface area contributed by atoms with Gasteiger partial charge in [0.25, 0.3) is 0 Å². The molecule has 0 spiro atoms. The Morgan fingerprint density at radius 3 is 2.90 bits per heavy atom. The van der Waals surface area contributed by atoms with E-state index in [9.17, 15) is 0 Å². The first-order chi connectivity index (χ1) is 9.83. The SMILES string of the molecule is CCCCCCCCn1cncc1C(N)C1CCOC1. The Bertz CT molecular complexity index is 372. The number of unbranched alkanes of at least 4 members (excludes halogenated alkanes) is 5. The molecule has 2 heterocycles. The van der Waals surface area contributed by atoms with E-state index >= 15 is 0 Å². The van der Waals surface area contributed by atoms with Gasteiger partial charge >= 0.3 is 0 Å². The standard InChI is InChI=1S/C16H29N3O/c1-2-3-4-5-6-7-9-19-13-18-11-15(19)16(17)14-8-10-20-12-14/h11,13-14,16H,2-10,12,17H2,1H3. The van der Waals surface area contributed by atoms with Crippen LogP contribution in [0.2, 0.25) is 0 Å². The molecule has 1 aromatic heterocycles. The van der Waals surface area contributed by atoms with Crippen molar-refractivity contribution in [3.8, 4) is 0 Å². The molecule has 1 aliphatic heterocycles. The van der Waals surface area contributed by atoms with E-state index in [0.29, 0.717) is 5.92 Å². The fourth-order valence-electron chi connectivity index (χ4n) is 2.94. The molecule has 114 valence electrons. The van der Waals surface area contributed by atoms with Crippen molar-refractivity contribution in [2.75, 3.05) is 13.2 Å². The summed E-state index contributed by atoms with van der Waals surface area (Å²) in [6.45, 7) is 4.95. The Morgan fingerprint density at radius 2 is 2.15 bits per heavy atom. The normalized spacial score (nSPS) is 20.4. The third kappa shape index (κ3) is 4.32. The average molecular weight is 279 g/mol. The lowest BCUT2D eigenvalue weighted by atomic mass is 9.97. The molecule has 1 aromatic rings. The molecule has 2 N–H and O–H groups in total. The van der Waals surface area contributed by atoms with Crippen molar-refractivity contribution in [2.24, 2.45) is 11.7 Å². The summed E-state index contributed by atoms with van der Waals surface area (Å²) >= 11 is 0. The van der Waals surface area contributed by atoms with Gasteiger partial charge in [-0.05, 0) is 12.8 Å². The molecule has 0 bridgehead atoms. The van der Waals surface area contributed by atoms with Crippen LogP contribution in [0.1, 0.15) is 63.6 Å². The maximum Gasteiger partial charge on any atom is 0.0948 e. The van der Waals surface area contributed by atoms with Gasteiger partial charge in [-0.25, -0.2) is 4.98 Å². The van der Waals surface area contributed by atoms with Crippen LogP contribution in [0.15, 0.2) is 12.5 Å². The number of hydrogen-bond acceptors (Lipinski definition) is 3. The van der Waals surface area contributed by atoms with Gasteiger partial charge in [0.05, 0.1) is 24.7 Å². The molecule has 0 aromatic carbocycles. The molecule has 20 heavy (non-hydrogen) atoms. The van der Waals surface area contributed by atoms with E-state index in [4.69, 9.17) is 10.5 Å². The van der Waals surface area contributed by atoms with Crippen molar-refractivity contribution in [1.82, 2.24) is 9.55 Å². The number of aryl methyl sites for hydroxylation is 1. The van der Waals surface area contributed by atoms with E-state index in [1.807, 2.05) is 12.5 Å². The lowest BCUT2D eigenvalue weighted by Gasteiger charge is -2.19. The van der Waals surface area contributed by atoms with Crippen molar-refractivity contribution in [3.63, 3.8) is 0 Å². The second-order valence-corrected chi connectivity index (χ2v) is 5.93. The fourth-order valence-corrected chi connectivity index (χ4v) is 2.94. The van der Waals surface area contributed by atoms with Crippen LogP contribution in [-0.2, 0) is 11.3 Å². The van der Waals surface area contributed by atoms with Gasteiger partial charge in [-0.3, -0.25) is 0 Å². The lowest BCUT2D eigenvalue weighted by Crippen LogP contribution is -2.24. The lowest BCUT2D eigenvalue weighted by molar-refractivity contribution is 0.180. The number of hydrogen-bond donors (Lipinski definition) is 1. The van der Waals surface area contributed by atoms with Crippen LogP contribution >= 0.6 is 0 Å². The minimum absolute atomic E-state index is 0.0695. The zero-order chi connectivity index (χ0) is 14.2. The summed E-state index contributed by atoms with van der Waals surface area (Å²) in [5.41, 5.74) is 7.55. The first kappa shape index (κ1) is 15.5. The molecule has 1 saturated heterocycles. The quantitative estimate of drug-likeness (QED) is 0.706. The summed E-state index contributed by atoms with van der Waals surface area (Å²) in [7, 11) is 0. The molecule has 0 radical (unpaired) electrons. The van der Waals surface area contributed by atoms with Crippen LogP contribution in [0, 0.1) is 5.92 Å². The minimum Gasteiger partial charge on any atom is -0.381 e. The van der Waals surface area contributed by atoms with Crippen LogP contribution in [0.4, 0.5) is 0 Å². The van der Waals surface area contributed by atoms with E-state index < -0.39 is 0 Å². The van der Waals surface area contributed by atoms with E-state index in [0.717, 1.165) is 26.2 Å². The van der Waals surface area contributed by atoms with Gasteiger partial charge < -0.3 is 15.0 Å². The third-order valence-corrected chi connectivity index (χ3v) is 4.31. The van der Waals surface area contributed by atoms with Crippen molar-refractivity contribution in [2.45, 2.75) is 64.5 Å². The smallest absolute Gasteiger partial charge is 0.0948 e. The van der Waals surface area contributed by atoms with Crippen molar-refractivity contribution >= 4 is 0 Å². The van der Waals surface area contributed by atoms with Crippen LogP contribution in [-0.4, -0.2) is 22.8 Å². The highest BCUT2D eigenvalue weighted by molar-refractivity contribution is 5.07. The zero-order valence-electron chi connectivity index (χ0n) is 12.8. The Hall–Kier alpha value is -0.870. The largest absolute Gasteiger partial charge is 0.381 e. The number of rotatable bonds is 9. The van der Waals surface area contributed by atoms with Gasteiger partial charge in [0.1, 0.15) is 0 Å². The van der Waals surface area contributed by atoms with Gasteiger partial charge in [0, 0.05) is 25.3 Å².